The minimum Gasteiger partial charge on any atom is -0.394 e. The van der Waals surface area contributed by atoms with Crippen molar-refractivity contribution in [2.45, 2.75) is 48.0 Å². The molecule has 22 heavy (non-hydrogen) atoms. The van der Waals surface area contributed by atoms with Gasteiger partial charge in [0.25, 0.3) is 0 Å². The Kier molecular flexibility index (Phi) is 7.95. The first-order valence-corrected chi connectivity index (χ1v) is 8.51. The average molecular weight is 345 g/mol. The van der Waals surface area contributed by atoms with Crippen LogP contribution in [0, 0.1) is 0 Å². The van der Waals surface area contributed by atoms with E-state index in [2.05, 4.69) is 0 Å². The Bertz CT molecular complexity index is 334. The zero-order valence-electron chi connectivity index (χ0n) is 11.9. The van der Waals surface area contributed by atoms with E-state index in [4.69, 9.17) is 5.11 Å². The second-order valence-corrected chi connectivity index (χ2v) is 7.79. The highest BCUT2D eigenvalue weighted by Gasteiger charge is 2.51. The smallest absolute Gasteiger partial charge is 0.169 e. The highest BCUT2D eigenvalue weighted by atomic mass is 32.2. The lowest BCUT2D eigenvalue weighted by atomic mass is 10.0. The van der Waals surface area contributed by atoms with Gasteiger partial charge in [0.1, 0.15) is 54.2 Å². The summed E-state index contributed by atoms with van der Waals surface area (Å²) in [6.45, 7) is -1.21. The van der Waals surface area contributed by atoms with Crippen LogP contribution >= 0.6 is 0 Å². The summed E-state index contributed by atoms with van der Waals surface area (Å²) >= 11 is 0. The number of aliphatic hydroxyl groups excluding tert-OH is 9. The van der Waals surface area contributed by atoms with E-state index in [0.29, 0.717) is 0 Å². The molecule has 1 aliphatic rings. The molecule has 132 valence electrons. The fourth-order valence-corrected chi connectivity index (χ4v) is 5.06. The minimum absolute atomic E-state index is 0.0977. The minimum atomic E-state index is -1.88. The van der Waals surface area contributed by atoms with E-state index in [1.807, 2.05) is 0 Å². The van der Waals surface area contributed by atoms with Crippen molar-refractivity contribution >= 4 is 10.9 Å². The fraction of sp³-hybridized carbons (Fsp3) is 1.00. The Morgan fingerprint density at radius 2 is 1.41 bits per heavy atom. The van der Waals surface area contributed by atoms with Gasteiger partial charge in [-0.05, 0) is 0 Å². The molecule has 1 fully saturated rings. The van der Waals surface area contributed by atoms with Crippen LogP contribution in [0.5, 0.6) is 0 Å². The zero-order chi connectivity index (χ0) is 17.0. The second-order valence-electron chi connectivity index (χ2n) is 5.44. The molecule has 0 bridgehead atoms. The van der Waals surface area contributed by atoms with Gasteiger partial charge >= 0.3 is 0 Å². The van der Waals surface area contributed by atoms with Crippen molar-refractivity contribution in [2.75, 3.05) is 24.7 Å². The van der Waals surface area contributed by atoms with Crippen molar-refractivity contribution in [3.8, 4) is 0 Å². The molecule has 1 heterocycles. The van der Waals surface area contributed by atoms with E-state index >= 15 is 0 Å². The Hall–Kier alpha value is -0.0100. The molecular weight excluding hydrogens is 320 g/mol. The molecule has 0 aromatic heterocycles. The Morgan fingerprint density at radius 1 is 0.864 bits per heavy atom. The topological polar surface area (TPSA) is 182 Å². The molecule has 0 aromatic carbocycles. The first-order chi connectivity index (χ1) is 10.2. The van der Waals surface area contributed by atoms with E-state index in [0.717, 1.165) is 0 Å². The van der Waals surface area contributed by atoms with Crippen LogP contribution < -0.4 is 0 Å². The maximum Gasteiger partial charge on any atom is 0.169 e. The molecule has 9 nitrogen and oxygen atoms in total. The van der Waals surface area contributed by atoms with Gasteiger partial charge in [-0.2, -0.15) is 0 Å². The van der Waals surface area contributed by atoms with Crippen LogP contribution in [-0.4, -0.2) is 119 Å². The molecule has 0 saturated carbocycles. The van der Waals surface area contributed by atoms with Crippen molar-refractivity contribution in [3.63, 3.8) is 0 Å². The average Bonchev–Trinajstić information content (AvgIpc) is 2.77. The normalized spacial score (nSPS) is 35.9. The first kappa shape index (κ1) is 20.0. The molecule has 1 saturated heterocycles. The van der Waals surface area contributed by atoms with Gasteiger partial charge in [0.05, 0.1) is 13.2 Å². The number of hydrogen-bond acceptors (Lipinski definition) is 9. The predicted molar refractivity (Wildman–Crippen MR) is 77.1 cm³/mol. The van der Waals surface area contributed by atoms with Gasteiger partial charge < -0.3 is 46.0 Å². The molecule has 0 radical (unpaired) electrons. The first-order valence-electron chi connectivity index (χ1n) is 6.89. The zero-order valence-corrected chi connectivity index (χ0v) is 12.7. The molecule has 10 heteroatoms. The van der Waals surface area contributed by atoms with Crippen molar-refractivity contribution in [3.05, 3.63) is 0 Å². The van der Waals surface area contributed by atoms with Crippen molar-refractivity contribution in [1.82, 2.24) is 0 Å². The van der Waals surface area contributed by atoms with Crippen LogP contribution in [0.25, 0.3) is 0 Å². The third-order valence-electron chi connectivity index (χ3n) is 3.83. The lowest BCUT2D eigenvalue weighted by Crippen LogP contribution is -2.52. The highest BCUT2D eigenvalue weighted by Crippen LogP contribution is 2.25. The molecule has 0 spiro atoms. The van der Waals surface area contributed by atoms with E-state index in [1.54, 1.807) is 0 Å². The van der Waals surface area contributed by atoms with Gasteiger partial charge in [-0.1, -0.05) is 0 Å². The summed E-state index contributed by atoms with van der Waals surface area (Å²) in [4.78, 5) is 0. The van der Waals surface area contributed by atoms with Gasteiger partial charge in [0.2, 0.25) is 0 Å². The summed E-state index contributed by atoms with van der Waals surface area (Å²) in [6, 6.07) is 0. The lowest BCUT2D eigenvalue weighted by molar-refractivity contribution is -0.136. The molecule has 0 aromatic rings. The van der Waals surface area contributed by atoms with Crippen molar-refractivity contribution in [1.29, 1.82) is 0 Å². The van der Waals surface area contributed by atoms with E-state index < -0.39 is 72.1 Å². The second kappa shape index (κ2) is 8.73. The Balaban J connectivity index is 2.62. The quantitative estimate of drug-likeness (QED) is 0.194. The standard InChI is InChI=1S/C12H25O9S/c13-1-5(15)10(19)12(21)11(20)7(17)4-22-3-6(16)9(18)8(22)2-14/h5-21H,1-4H2/q+1/t5-,6-,7-,8-,9+,10+,11-,12-,22+/m1/s1. The monoisotopic (exact) mass is 345 g/mol. The summed E-state index contributed by atoms with van der Waals surface area (Å²) in [5.74, 6) is 0.0492. The third kappa shape index (κ3) is 4.51. The van der Waals surface area contributed by atoms with Crippen molar-refractivity contribution < 1.29 is 46.0 Å². The van der Waals surface area contributed by atoms with Crippen LogP contribution in [0.3, 0.4) is 0 Å². The van der Waals surface area contributed by atoms with Gasteiger partial charge in [-0.15, -0.1) is 0 Å². The van der Waals surface area contributed by atoms with Crippen LogP contribution in [0.1, 0.15) is 0 Å². The predicted octanol–water partition coefficient (Wildman–Crippen LogP) is -5.50. The molecule has 0 amide bonds. The molecule has 9 N–H and O–H groups in total. The number of aliphatic hydroxyl groups is 9. The maximum absolute atomic E-state index is 9.93. The molecule has 0 unspecified atom stereocenters. The summed E-state index contributed by atoms with van der Waals surface area (Å²) < 4.78 is 0. The van der Waals surface area contributed by atoms with E-state index in [9.17, 15) is 40.9 Å². The van der Waals surface area contributed by atoms with Crippen molar-refractivity contribution in [2.24, 2.45) is 0 Å². The number of hydrogen-bond donors (Lipinski definition) is 9. The summed E-state index contributed by atoms with van der Waals surface area (Å²) in [5, 5.41) is 84.7. The van der Waals surface area contributed by atoms with Crippen LogP contribution in [0.2, 0.25) is 0 Å². The van der Waals surface area contributed by atoms with Gasteiger partial charge in [0, 0.05) is 10.9 Å². The maximum atomic E-state index is 9.93. The Labute approximate surface area is 130 Å². The SMILES string of the molecule is OC[C@@H](O)[C@H](O)[C@@H](O)[C@H](O)[C@H](O)C[S@+]1C[C@@H](O)[C@H](O)[C@H]1CO. The summed E-state index contributed by atoms with van der Waals surface area (Å²) in [5.41, 5.74) is 0. The van der Waals surface area contributed by atoms with Crippen LogP contribution in [0.4, 0.5) is 0 Å². The highest BCUT2D eigenvalue weighted by molar-refractivity contribution is 7.97. The van der Waals surface area contributed by atoms with Crippen LogP contribution in [0.15, 0.2) is 0 Å². The van der Waals surface area contributed by atoms with E-state index in [-0.39, 0.29) is 11.5 Å². The molecular formula is C12H25O9S+. The van der Waals surface area contributed by atoms with Gasteiger partial charge in [-0.3, -0.25) is 0 Å². The lowest BCUT2D eigenvalue weighted by Gasteiger charge is -2.28. The molecule has 9 atom stereocenters. The molecule has 1 rings (SSSR count). The van der Waals surface area contributed by atoms with Crippen LogP contribution in [-0.2, 0) is 10.9 Å². The third-order valence-corrected chi connectivity index (χ3v) is 6.65. The number of rotatable bonds is 8. The molecule has 0 aliphatic carbocycles. The van der Waals surface area contributed by atoms with Gasteiger partial charge in [0.15, 0.2) is 5.25 Å². The summed E-state index contributed by atoms with van der Waals surface area (Å²) in [7, 11) is -0.783. The summed E-state index contributed by atoms with van der Waals surface area (Å²) in [6.07, 6.45) is -10.8. The molecule has 1 aliphatic heterocycles. The largest absolute Gasteiger partial charge is 0.394 e. The van der Waals surface area contributed by atoms with Gasteiger partial charge in [-0.25, -0.2) is 0 Å². The fourth-order valence-electron chi connectivity index (χ4n) is 2.37. The van der Waals surface area contributed by atoms with E-state index in [1.165, 1.54) is 0 Å². The Morgan fingerprint density at radius 3 is 1.91 bits per heavy atom.